The van der Waals surface area contributed by atoms with Crippen molar-refractivity contribution >= 4 is 5.97 Å². The fraction of sp³-hybridized carbons (Fsp3) is 0.958. The average Bonchev–Trinajstić information content (AvgIpc) is 2.66. The first-order valence-electron chi connectivity index (χ1n) is 11.8. The Morgan fingerprint density at radius 3 is 2.56 bits per heavy atom. The van der Waals surface area contributed by atoms with Crippen LogP contribution in [0.3, 0.4) is 0 Å². The smallest absolute Gasteiger partial charge is 0.302 e. The molecular weight excluding hydrogens is 336 g/mol. The molecule has 4 aliphatic rings. The third-order valence-corrected chi connectivity index (χ3v) is 8.77. The van der Waals surface area contributed by atoms with E-state index in [0.717, 1.165) is 61.4 Å². The van der Waals surface area contributed by atoms with Gasteiger partial charge in [0.25, 0.3) is 0 Å². The SMILES string of the molecule is CCCO[C@]12CCCC[C@H]1[C@@H]1C[C@@H](C)[C@H]3C[C@@H](OC(C)=O)CC[C@@H]3[C@H]1CC2. The molecule has 0 spiro atoms. The van der Waals surface area contributed by atoms with Crippen molar-refractivity contribution in [2.24, 2.45) is 35.5 Å². The first-order valence-corrected chi connectivity index (χ1v) is 11.8. The molecule has 4 rings (SSSR count). The van der Waals surface area contributed by atoms with E-state index >= 15 is 0 Å². The minimum atomic E-state index is -0.0995. The molecule has 4 fully saturated rings. The Bertz CT molecular complexity index is 532. The monoisotopic (exact) mass is 376 g/mol. The molecule has 0 N–H and O–H groups in total. The number of ether oxygens (including phenoxy) is 2. The number of carbonyl (C=O) groups excluding carboxylic acids is 1. The number of hydrogen-bond donors (Lipinski definition) is 0. The summed E-state index contributed by atoms with van der Waals surface area (Å²) in [5.41, 5.74) is 0.205. The van der Waals surface area contributed by atoms with Crippen LogP contribution in [-0.4, -0.2) is 24.3 Å². The van der Waals surface area contributed by atoms with Gasteiger partial charge in [-0.3, -0.25) is 4.79 Å². The Kier molecular flexibility index (Phi) is 5.88. The number of fused-ring (bicyclic) bond motifs is 5. The molecule has 0 aromatic rings. The van der Waals surface area contributed by atoms with Gasteiger partial charge >= 0.3 is 5.97 Å². The predicted octanol–water partition coefficient (Wildman–Crippen LogP) is 5.76. The lowest BCUT2D eigenvalue weighted by atomic mass is 9.48. The molecule has 4 saturated carbocycles. The van der Waals surface area contributed by atoms with Gasteiger partial charge in [0.05, 0.1) is 5.60 Å². The summed E-state index contributed by atoms with van der Waals surface area (Å²) < 4.78 is 12.3. The maximum atomic E-state index is 11.4. The average molecular weight is 377 g/mol. The van der Waals surface area contributed by atoms with Crippen LogP contribution in [0.15, 0.2) is 0 Å². The molecule has 0 aromatic carbocycles. The lowest BCUT2D eigenvalue weighted by Gasteiger charge is -2.60. The zero-order valence-corrected chi connectivity index (χ0v) is 17.8. The Labute approximate surface area is 165 Å². The third-order valence-electron chi connectivity index (χ3n) is 8.77. The van der Waals surface area contributed by atoms with Crippen LogP contribution < -0.4 is 0 Å². The van der Waals surface area contributed by atoms with Gasteiger partial charge < -0.3 is 9.47 Å². The van der Waals surface area contributed by atoms with E-state index < -0.39 is 0 Å². The number of esters is 1. The van der Waals surface area contributed by atoms with Gasteiger partial charge in [-0.1, -0.05) is 26.7 Å². The molecule has 3 nitrogen and oxygen atoms in total. The van der Waals surface area contributed by atoms with Gasteiger partial charge in [0.15, 0.2) is 0 Å². The minimum absolute atomic E-state index is 0.0995. The first kappa shape index (κ1) is 19.7. The summed E-state index contributed by atoms with van der Waals surface area (Å²) in [4.78, 5) is 11.4. The molecule has 0 heterocycles. The molecule has 3 heteroatoms. The summed E-state index contributed by atoms with van der Waals surface area (Å²) in [7, 11) is 0. The lowest BCUT2D eigenvalue weighted by Crippen LogP contribution is -2.57. The summed E-state index contributed by atoms with van der Waals surface area (Å²) in [5, 5.41) is 0. The van der Waals surface area contributed by atoms with E-state index in [2.05, 4.69) is 13.8 Å². The summed E-state index contributed by atoms with van der Waals surface area (Å²) in [6.07, 6.45) is 14.3. The van der Waals surface area contributed by atoms with Gasteiger partial charge in [0, 0.05) is 13.5 Å². The van der Waals surface area contributed by atoms with Gasteiger partial charge in [0.1, 0.15) is 6.10 Å². The first-order chi connectivity index (χ1) is 13.0. The van der Waals surface area contributed by atoms with Crippen LogP contribution in [0.4, 0.5) is 0 Å². The Morgan fingerprint density at radius 2 is 1.78 bits per heavy atom. The van der Waals surface area contributed by atoms with E-state index in [-0.39, 0.29) is 17.7 Å². The summed E-state index contributed by atoms with van der Waals surface area (Å²) in [6.45, 7) is 7.23. The highest BCUT2D eigenvalue weighted by atomic mass is 16.5. The van der Waals surface area contributed by atoms with Crippen molar-refractivity contribution in [3.8, 4) is 0 Å². The Hall–Kier alpha value is -0.570. The zero-order valence-electron chi connectivity index (χ0n) is 17.8. The molecule has 0 aliphatic heterocycles. The van der Waals surface area contributed by atoms with Crippen LogP contribution in [0.1, 0.15) is 91.4 Å². The molecular formula is C24H40O3. The molecule has 27 heavy (non-hydrogen) atoms. The molecule has 154 valence electrons. The van der Waals surface area contributed by atoms with Gasteiger partial charge in [-0.15, -0.1) is 0 Å². The predicted molar refractivity (Wildman–Crippen MR) is 107 cm³/mol. The number of rotatable bonds is 4. The summed E-state index contributed by atoms with van der Waals surface area (Å²) >= 11 is 0. The van der Waals surface area contributed by atoms with Crippen molar-refractivity contribution in [3.05, 3.63) is 0 Å². The minimum Gasteiger partial charge on any atom is -0.463 e. The van der Waals surface area contributed by atoms with Crippen LogP contribution in [0.2, 0.25) is 0 Å². The van der Waals surface area contributed by atoms with E-state index in [1.165, 1.54) is 51.4 Å². The summed E-state index contributed by atoms with van der Waals surface area (Å²) in [6, 6.07) is 0. The maximum Gasteiger partial charge on any atom is 0.302 e. The zero-order chi connectivity index (χ0) is 19.0. The topological polar surface area (TPSA) is 35.5 Å². The molecule has 0 aromatic heterocycles. The van der Waals surface area contributed by atoms with E-state index in [0.29, 0.717) is 0 Å². The van der Waals surface area contributed by atoms with Crippen molar-refractivity contribution in [3.63, 3.8) is 0 Å². The quantitative estimate of drug-likeness (QED) is 0.586. The van der Waals surface area contributed by atoms with Gasteiger partial charge in [-0.25, -0.2) is 0 Å². The molecule has 0 saturated heterocycles. The van der Waals surface area contributed by atoms with Crippen molar-refractivity contribution in [2.75, 3.05) is 6.61 Å². The maximum absolute atomic E-state index is 11.4. The number of carbonyl (C=O) groups is 1. The highest BCUT2D eigenvalue weighted by Crippen LogP contribution is 2.60. The highest BCUT2D eigenvalue weighted by molar-refractivity contribution is 5.66. The van der Waals surface area contributed by atoms with Crippen molar-refractivity contribution in [1.82, 2.24) is 0 Å². The normalized spacial score (nSPS) is 46.7. The van der Waals surface area contributed by atoms with Gasteiger partial charge in [0.2, 0.25) is 0 Å². The fourth-order valence-electron chi connectivity index (χ4n) is 7.82. The molecule has 0 bridgehead atoms. The van der Waals surface area contributed by atoms with E-state index in [4.69, 9.17) is 9.47 Å². The Balaban J connectivity index is 1.51. The largest absolute Gasteiger partial charge is 0.463 e. The van der Waals surface area contributed by atoms with Crippen LogP contribution in [0, 0.1) is 35.5 Å². The highest BCUT2D eigenvalue weighted by Gasteiger charge is 2.56. The van der Waals surface area contributed by atoms with Gasteiger partial charge in [-0.2, -0.15) is 0 Å². The van der Waals surface area contributed by atoms with Crippen LogP contribution in [0.25, 0.3) is 0 Å². The van der Waals surface area contributed by atoms with Crippen molar-refractivity contribution in [2.45, 2.75) is 103 Å². The van der Waals surface area contributed by atoms with E-state index in [1.54, 1.807) is 6.92 Å². The second kappa shape index (κ2) is 8.05. The molecule has 0 radical (unpaired) electrons. The van der Waals surface area contributed by atoms with E-state index in [1.807, 2.05) is 0 Å². The van der Waals surface area contributed by atoms with Crippen molar-refractivity contribution in [1.29, 1.82) is 0 Å². The third kappa shape index (κ3) is 3.70. The van der Waals surface area contributed by atoms with Crippen LogP contribution >= 0.6 is 0 Å². The Morgan fingerprint density at radius 1 is 0.963 bits per heavy atom. The lowest BCUT2D eigenvalue weighted by molar-refractivity contribution is -0.188. The number of hydrogen-bond acceptors (Lipinski definition) is 3. The van der Waals surface area contributed by atoms with Crippen LogP contribution in [-0.2, 0) is 14.3 Å². The standard InChI is InChI=1S/C24H40O3/c1-4-13-26-24-11-6-5-7-23(24)22-14-16(2)21-15-18(27-17(3)25)8-9-19(21)20(22)10-12-24/h16,18-23H,4-15H2,1-3H3/t16-,18+,19-,20-,21-,22-,23+,24+/m1/s1. The molecule has 0 amide bonds. The second-order valence-corrected chi connectivity index (χ2v) is 10.2. The van der Waals surface area contributed by atoms with E-state index in [9.17, 15) is 4.79 Å². The fourth-order valence-corrected chi connectivity index (χ4v) is 7.82. The van der Waals surface area contributed by atoms with Crippen LogP contribution in [0.5, 0.6) is 0 Å². The van der Waals surface area contributed by atoms with Gasteiger partial charge in [-0.05, 0) is 93.3 Å². The second-order valence-electron chi connectivity index (χ2n) is 10.2. The van der Waals surface area contributed by atoms with Crippen molar-refractivity contribution < 1.29 is 14.3 Å². The summed E-state index contributed by atoms with van der Waals surface area (Å²) in [5.74, 6) is 4.85. The molecule has 8 atom stereocenters. The molecule has 0 unspecified atom stereocenters. The molecule has 4 aliphatic carbocycles.